The zero-order chi connectivity index (χ0) is 19.8. The molecule has 0 unspecified atom stereocenters. The van der Waals surface area contributed by atoms with Gasteiger partial charge in [0.15, 0.2) is 6.61 Å². The van der Waals surface area contributed by atoms with Gasteiger partial charge in [-0.1, -0.05) is 64.9 Å². The summed E-state index contributed by atoms with van der Waals surface area (Å²) in [6, 6.07) is 23.0. The number of halogens is 1. The van der Waals surface area contributed by atoms with Gasteiger partial charge in [-0.3, -0.25) is 4.79 Å². The monoisotopic (exact) mass is 410 g/mol. The van der Waals surface area contributed by atoms with E-state index in [4.69, 9.17) is 16.4 Å². The Morgan fingerprint density at radius 2 is 1.79 bits per heavy atom. The summed E-state index contributed by atoms with van der Waals surface area (Å²) >= 11 is 7.48. The van der Waals surface area contributed by atoms with Crippen LogP contribution >= 0.6 is 23.4 Å². The second kappa shape index (κ2) is 9.97. The van der Waals surface area contributed by atoms with E-state index in [1.54, 1.807) is 18.0 Å². The number of oxime groups is 1. The third-order valence-electron chi connectivity index (χ3n) is 3.85. The molecule has 0 aromatic heterocycles. The van der Waals surface area contributed by atoms with Crippen molar-refractivity contribution in [1.29, 1.82) is 0 Å². The third-order valence-corrected chi connectivity index (χ3v) is 5.19. The minimum atomic E-state index is -0.272. The van der Waals surface area contributed by atoms with Gasteiger partial charge in [0.05, 0.1) is 11.9 Å². The maximum absolute atomic E-state index is 12.2. The average molecular weight is 411 g/mol. The van der Waals surface area contributed by atoms with Gasteiger partial charge in [0.1, 0.15) is 0 Å². The third kappa shape index (κ3) is 5.87. The molecule has 28 heavy (non-hydrogen) atoms. The highest BCUT2D eigenvalue weighted by Gasteiger charge is 2.08. The first-order chi connectivity index (χ1) is 13.6. The van der Waals surface area contributed by atoms with Crippen molar-refractivity contribution in [2.24, 2.45) is 5.16 Å². The van der Waals surface area contributed by atoms with Gasteiger partial charge in [-0.15, -0.1) is 0 Å². The van der Waals surface area contributed by atoms with E-state index in [0.29, 0.717) is 5.02 Å². The van der Waals surface area contributed by atoms with Crippen LogP contribution in [-0.2, 0) is 9.63 Å². The van der Waals surface area contributed by atoms with Gasteiger partial charge >= 0.3 is 0 Å². The summed E-state index contributed by atoms with van der Waals surface area (Å²) in [5.74, 6) is -0.272. The Morgan fingerprint density at radius 1 is 1.07 bits per heavy atom. The molecular formula is C22H19ClN2O2S. The molecule has 4 nitrogen and oxygen atoms in total. The lowest BCUT2D eigenvalue weighted by Gasteiger charge is -2.10. The Labute approximate surface area is 173 Å². The summed E-state index contributed by atoms with van der Waals surface area (Å²) in [7, 11) is 0. The number of aryl methyl sites for hydroxylation is 1. The van der Waals surface area contributed by atoms with Gasteiger partial charge < -0.3 is 10.2 Å². The van der Waals surface area contributed by atoms with Crippen molar-refractivity contribution >= 4 is 41.2 Å². The molecule has 3 aromatic rings. The number of benzene rings is 3. The number of rotatable bonds is 7. The molecule has 0 atom stereocenters. The SMILES string of the molecule is Cc1ccccc1/C=N\OCC(=O)Nc1ccccc1Sc1ccc(Cl)cc1. The highest BCUT2D eigenvalue weighted by atomic mass is 35.5. The highest BCUT2D eigenvalue weighted by Crippen LogP contribution is 2.33. The maximum Gasteiger partial charge on any atom is 0.265 e. The fraction of sp³-hybridized carbons (Fsp3) is 0.0909. The van der Waals surface area contributed by atoms with Crippen molar-refractivity contribution in [3.8, 4) is 0 Å². The summed E-state index contributed by atoms with van der Waals surface area (Å²) in [6.45, 7) is 1.83. The molecular weight excluding hydrogens is 392 g/mol. The summed E-state index contributed by atoms with van der Waals surface area (Å²) in [5.41, 5.74) is 2.76. The van der Waals surface area contributed by atoms with Gasteiger partial charge in [0, 0.05) is 14.8 Å². The minimum absolute atomic E-state index is 0.164. The van der Waals surface area contributed by atoms with Crippen LogP contribution in [0.3, 0.4) is 0 Å². The second-order valence-electron chi connectivity index (χ2n) is 5.96. The molecule has 0 aliphatic rings. The van der Waals surface area contributed by atoms with Crippen molar-refractivity contribution in [3.05, 3.63) is 88.9 Å². The Kier molecular flexibility index (Phi) is 7.12. The molecule has 0 radical (unpaired) electrons. The molecule has 0 aliphatic carbocycles. The zero-order valence-electron chi connectivity index (χ0n) is 15.3. The summed E-state index contributed by atoms with van der Waals surface area (Å²) in [4.78, 5) is 19.3. The number of anilines is 1. The molecule has 0 fully saturated rings. The Balaban J connectivity index is 1.57. The lowest BCUT2D eigenvalue weighted by molar-refractivity contribution is -0.120. The van der Waals surface area contributed by atoms with Crippen LogP contribution < -0.4 is 5.32 Å². The molecule has 0 saturated carbocycles. The van der Waals surface area contributed by atoms with Crippen molar-refractivity contribution in [3.63, 3.8) is 0 Å². The topological polar surface area (TPSA) is 50.7 Å². The minimum Gasteiger partial charge on any atom is -0.386 e. The number of hydrogen-bond donors (Lipinski definition) is 1. The number of carbonyl (C=O) groups excluding carboxylic acids is 1. The van der Waals surface area contributed by atoms with Crippen LogP contribution in [0, 0.1) is 6.92 Å². The number of amides is 1. The van der Waals surface area contributed by atoms with E-state index in [1.165, 1.54) is 0 Å². The molecule has 142 valence electrons. The Morgan fingerprint density at radius 3 is 2.57 bits per heavy atom. The molecule has 3 rings (SSSR count). The second-order valence-corrected chi connectivity index (χ2v) is 7.52. The lowest BCUT2D eigenvalue weighted by atomic mass is 10.1. The molecule has 1 N–H and O–H groups in total. The molecule has 3 aromatic carbocycles. The summed E-state index contributed by atoms with van der Waals surface area (Å²) in [6.07, 6.45) is 1.60. The van der Waals surface area contributed by atoms with Crippen LogP contribution in [0.4, 0.5) is 5.69 Å². The molecule has 0 aliphatic heterocycles. The van der Waals surface area contributed by atoms with Crippen LogP contribution in [0.25, 0.3) is 0 Å². The van der Waals surface area contributed by atoms with Crippen LogP contribution in [0.2, 0.25) is 5.02 Å². The fourth-order valence-electron chi connectivity index (χ4n) is 2.40. The molecule has 0 spiro atoms. The first-order valence-electron chi connectivity index (χ1n) is 8.65. The molecule has 0 bridgehead atoms. The largest absolute Gasteiger partial charge is 0.386 e. The molecule has 6 heteroatoms. The van der Waals surface area contributed by atoms with Crippen molar-refractivity contribution < 1.29 is 9.63 Å². The number of nitrogens with zero attached hydrogens (tertiary/aromatic N) is 1. The van der Waals surface area contributed by atoms with Crippen LogP contribution in [0.5, 0.6) is 0 Å². The van der Waals surface area contributed by atoms with E-state index in [9.17, 15) is 4.79 Å². The molecule has 0 heterocycles. The fourth-order valence-corrected chi connectivity index (χ4v) is 3.42. The van der Waals surface area contributed by atoms with E-state index in [0.717, 1.165) is 26.6 Å². The predicted octanol–water partition coefficient (Wildman–Crippen LogP) is 5.79. The van der Waals surface area contributed by atoms with Crippen LogP contribution in [-0.4, -0.2) is 18.7 Å². The Hall–Kier alpha value is -2.76. The number of para-hydroxylation sites is 1. The normalized spacial score (nSPS) is 10.8. The van der Waals surface area contributed by atoms with Crippen LogP contribution in [0.1, 0.15) is 11.1 Å². The lowest BCUT2D eigenvalue weighted by Crippen LogP contribution is -2.17. The van der Waals surface area contributed by atoms with Gasteiger partial charge in [0.2, 0.25) is 0 Å². The van der Waals surface area contributed by atoms with Crippen LogP contribution in [0.15, 0.2) is 87.7 Å². The summed E-state index contributed by atoms with van der Waals surface area (Å²) in [5, 5.41) is 7.44. The van der Waals surface area contributed by atoms with Crippen molar-refractivity contribution in [1.82, 2.24) is 0 Å². The maximum atomic E-state index is 12.2. The summed E-state index contributed by atoms with van der Waals surface area (Å²) < 4.78 is 0. The standard InChI is InChI=1S/C22H19ClN2O2S/c1-16-6-2-3-7-17(16)14-24-27-15-22(26)25-20-8-4-5-9-21(20)28-19-12-10-18(23)11-13-19/h2-14H,15H2,1H3,(H,25,26)/b24-14-. The Bertz CT molecular complexity index is 974. The zero-order valence-corrected chi connectivity index (χ0v) is 16.8. The number of hydrogen-bond acceptors (Lipinski definition) is 4. The van der Waals surface area contributed by atoms with E-state index in [-0.39, 0.29) is 12.5 Å². The van der Waals surface area contributed by atoms with E-state index >= 15 is 0 Å². The smallest absolute Gasteiger partial charge is 0.265 e. The predicted molar refractivity (Wildman–Crippen MR) is 115 cm³/mol. The van der Waals surface area contributed by atoms with E-state index < -0.39 is 0 Å². The van der Waals surface area contributed by atoms with Gasteiger partial charge in [0.25, 0.3) is 5.91 Å². The first-order valence-corrected chi connectivity index (χ1v) is 9.84. The van der Waals surface area contributed by atoms with Crippen molar-refractivity contribution in [2.45, 2.75) is 16.7 Å². The average Bonchev–Trinajstić information content (AvgIpc) is 2.70. The van der Waals surface area contributed by atoms with Gasteiger partial charge in [-0.05, 0) is 54.4 Å². The van der Waals surface area contributed by atoms with Gasteiger partial charge in [-0.25, -0.2) is 0 Å². The molecule has 0 saturated heterocycles. The van der Waals surface area contributed by atoms with Crippen molar-refractivity contribution in [2.75, 3.05) is 11.9 Å². The first kappa shape index (κ1) is 20.0. The quantitative estimate of drug-likeness (QED) is 0.396. The van der Waals surface area contributed by atoms with E-state index in [1.807, 2.05) is 79.7 Å². The number of nitrogens with one attached hydrogen (secondary N) is 1. The molecule has 1 amide bonds. The number of carbonyl (C=O) groups is 1. The van der Waals surface area contributed by atoms with Gasteiger partial charge in [-0.2, -0.15) is 0 Å². The van der Waals surface area contributed by atoms with E-state index in [2.05, 4.69) is 10.5 Å². The highest BCUT2D eigenvalue weighted by molar-refractivity contribution is 7.99.